The lowest BCUT2D eigenvalue weighted by Crippen LogP contribution is -2.39. The number of benzene rings is 1. The van der Waals surface area contributed by atoms with Gasteiger partial charge in [-0.2, -0.15) is 0 Å². The molecule has 2 heterocycles. The third-order valence-electron chi connectivity index (χ3n) is 7.03. The Morgan fingerprint density at radius 3 is 2.77 bits per heavy atom. The predicted octanol–water partition coefficient (Wildman–Crippen LogP) is 4.41. The molecule has 0 bridgehead atoms. The molecule has 4 rings (SSSR count). The van der Waals surface area contributed by atoms with Gasteiger partial charge >= 0.3 is 6.03 Å². The highest BCUT2D eigenvalue weighted by Crippen LogP contribution is 2.30. The summed E-state index contributed by atoms with van der Waals surface area (Å²) in [7, 11) is 1.65. The fraction of sp³-hybridized carbons (Fsp3) is 0.708. The summed E-state index contributed by atoms with van der Waals surface area (Å²) >= 11 is 3.70. The zero-order valence-corrected chi connectivity index (χ0v) is 20.4. The molecule has 172 valence electrons. The molecule has 2 aliphatic heterocycles. The van der Waals surface area contributed by atoms with Gasteiger partial charge in [-0.15, -0.1) is 0 Å². The van der Waals surface area contributed by atoms with Crippen LogP contribution >= 0.6 is 15.9 Å². The standard InChI is InChI=1S/C24H36BrN3O3/c1-17(30-2)31-22-8-9-23(25)19(13-22)12-18-10-11-27(14-18)15-20-16-28(24(29)26-20)21-6-4-3-5-7-21/h8-9,13,17-18,20-21H,3-7,10-12,14-16H2,1-2H3,(H,26,29). The average molecular weight is 494 g/mol. The van der Waals surface area contributed by atoms with Crippen LogP contribution in [-0.4, -0.2) is 67.5 Å². The van der Waals surface area contributed by atoms with Crippen molar-refractivity contribution in [3.63, 3.8) is 0 Å². The molecule has 6 nitrogen and oxygen atoms in total. The fourth-order valence-corrected chi connectivity index (χ4v) is 5.73. The maximum Gasteiger partial charge on any atom is 0.318 e. The van der Waals surface area contributed by atoms with Crippen molar-refractivity contribution in [3.05, 3.63) is 28.2 Å². The Kier molecular flexibility index (Phi) is 7.77. The van der Waals surface area contributed by atoms with Crippen LogP contribution in [0.25, 0.3) is 0 Å². The van der Waals surface area contributed by atoms with Gasteiger partial charge in [0.1, 0.15) is 5.75 Å². The van der Waals surface area contributed by atoms with Crippen LogP contribution in [0.5, 0.6) is 5.75 Å². The molecule has 0 aromatic heterocycles. The second-order valence-corrected chi connectivity index (χ2v) is 10.2. The van der Waals surface area contributed by atoms with E-state index < -0.39 is 0 Å². The van der Waals surface area contributed by atoms with Crippen LogP contribution in [0.4, 0.5) is 4.79 Å². The highest BCUT2D eigenvalue weighted by Gasteiger charge is 2.36. The Morgan fingerprint density at radius 1 is 1.19 bits per heavy atom. The molecular formula is C24H36BrN3O3. The van der Waals surface area contributed by atoms with Gasteiger partial charge in [0.05, 0.1) is 6.04 Å². The molecule has 2 saturated heterocycles. The van der Waals surface area contributed by atoms with Crippen molar-refractivity contribution in [2.45, 2.75) is 70.2 Å². The normalized spacial score (nSPS) is 26.3. The fourth-order valence-electron chi connectivity index (χ4n) is 5.32. The average Bonchev–Trinajstić information content (AvgIpc) is 3.37. The van der Waals surface area contributed by atoms with Gasteiger partial charge in [-0.05, 0) is 68.8 Å². The number of hydrogen-bond donors (Lipinski definition) is 1. The highest BCUT2D eigenvalue weighted by atomic mass is 79.9. The molecule has 1 aliphatic carbocycles. The van der Waals surface area contributed by atoms with Gasteiger partial charge in [-0.1, -0.05) is 35.2 Å². The van der Waals surface area contributed by atoms with Crippen molar-refractivity contribution in [1.82, 2.24) is 15.1 Å². The van der Waals surface area contributed by atoms with E-state index in [4.69, 9.17) is 9.47 Å². The minimum atomic E-state index is -0.259. The number of likely N-dealkylation sites (tertiary alicyclic amines) is 1. The van der Waals surface area contributed by atoms with E-state index in [9.17, 15) is 4.79 Å². The van der Waals surface area contributed by atoms with Crippen molar-refractivity contribution >= 4 is 22.0 Å². The smallest absolute Gasteiger partial charge is 0.318 e. The topological polar surface area (TPSA) is 54.0 Å². The first-order valence-corrected chi connectivity index (χ1v) is 12.6. The predicted molar refractivity (Wildman–Crippen MR) is 125 cm³/mol. The van der Waals surface area contributed by atoms with E-state index in [-0.39, 0.29) is 18.4 Å². The maximum absolute atomic E-state index is 12.5. The summed E-state index contributed by atoms with van der Waals surface area (Å²) in [5.74, 6) is 1.47. The molecule has 7 heteroatoms. The van der Waals surface area contributed by atoms with Crippen LogP contribution in [0.2, 0.25) is 0 Å². The Hall–Kier alpha value is -1.31. The molecule has 1 aromatic carbocycles. The van der Waals surface area contributed by atoms with Gasteiger partial charge in [0.25, 0.3) is 0 Å². The molecule has 1 aromatic rings. The minimum absolute atomic E-state index is 0.152. The van der Waals surface area contributed by atoms with E-state index in [1.54, 1.807) is 7.11 Å². The van der Waals surface area contributed by atoms with Gasteiger partial charge in [-0.3, -0.25) is 0 Å². The van der Waals surface area contributed by atoms with Crippen molar-refractivity contribution in [1.29, 1.82) is 0 Å². The van der Waals surface area contributed by atoms with Crippen LogP contribution in [0, 0.1) is 5.92 Å². The van der Waals surface area contributed by atoms with Crippen molar-refractivity contribution in [2.75, 3.05) is 33.3 Å². The van der Waals surface area contributed by atoms with E-state index >= 15 is 0 Å². The van der Waals surface area contributed by atoms with Gasteiger partial charge in [0, 0.05) is 37.3 Å². The van der Waals surface area contributed by atoms with E-state index in [1.165, 1.54) is 44.1 Å². The second kappa shape index (κ2) is 10.5. The number of urea groups is 1. The Bertz CT molecular complexity index is 756. The lowest BCUT2D eigenvalue weighted by molar-refractivity contribution is -0.0383. The lowest BCUT2D eigenvalue weighted by Gasteiger charge is -2.30. The number of nitrogens with one attached hydrogen (secondary N) is 1. The number of carbonyl (C=O) groups is 1. The molecule has 0 radical (unpaired) electrons. The number of carbonyl (C=O) groups excluding carboxylic acids is 1. The first-order chi connectivity index (χ1) is 15.0. The Labute approximate surface area is 194 Å². The van der Waals surface area contributed by atoms with Gasteiger partial charge < -0.3 is 24.6 Å². The molecule has 1 N–H and O–H groups in total. The molecule has 2 amide bonds. The van der Waals surface area contributed by atoms with E-state index in [1.807, 2.05) is 13.0 Å². The van der Waals surface area contributed by atoms with Crippen molar-refractivity contribution < 1.29 is 14.3 Å². The first kappa shape index (κ1) is 22.9. The molecule has 3 fully saturated rings. The molecule has 1 saturated carbocycles. The van der Waals surface area contributed by atoms with Crippen LogP contribution < -0.4 is 10.1 Å². The van der Waals surface area contributed by atoms with Crippen LogP contribution in [0.3, 0.4) is 0 Å². The number of halogens is 1. The lowest BCUT2D eigenvalue weighted by atomic mass is 9.94. The van der Waals surface area contributed by atoms with Crippen LogP contribution in [-0.2, 0) is 11.2 Å². The van der Waals surface area contributed by atoms with E-state index in [2.05, 4.69) is 43.2 Å². The zero-order valence-electron chi connectivity index (χ0n) is 18.8. The highest BCUT2D eigenvalue weighted by molar-refractivity contribution is 9.10. The number of methoxy groups -OCH3 is 1. The molecule has 3 atom stereocenters. The Balaban J connectivity index is 1.27. The molecule has 3 unspecified atom stereocenters. The SMILES string of the molecule is COC(C)Oc1ccc(Br)c(CC2CCN(CC3CN(C4CCCCC4)C(=O)N3)C2)c1. The van der Waals surface area contributed by atoms with Gasteiger partial charge in [-0.25, -0.2) is 4.79 Å². The van der Waals surface area contributed by atoms with Crippen LogP contribution in [0.1, 0.15) is 51.0 Å². The molecular weight excluding hydrogens is 458 g/mol. The summed E-state index contributed by atoms with van der Waals surface area (Å²) in [6, 6.07) is 7.03. The van der Waals surface area contributed by atoms with Gasteiger partial charge in [0.15, 0.2) is 6.29 Å². The maximum atomic E-state index is 12.5. The largest absolute Gasteiger partial charge is 0.465 e. The second-order valence-electron chi connectivity index (χ2n) is 9.38. The quantitative estimate of drug-likeness (QED) is 0.544. The van der Waals surface area contributed by atoms with Crippen molar-refractivity contribution in [3.8, 4) is 5.75 Å². The van der Waals surface area contributed by atoms with Crippen molar-refractivity contribution in [2.24, 2.45) is 5.92 Å². The van der Waals surface area contributed by atoms with E-state index in [0.29, 0.717) is 12.0 Å². The number of hydrogen-bond acceptors (Lipinski definition) is 4. The number of ether oxygens (including phenoxy) is 2. The number of nitrogens with zero attached hydrogens (tertiary/aromatic N) is 2. The zero-order chi connectivity index (χ0) is 21.8. The van der Waals surface area contributed by atoms with Gasteiger partial charge in [0.2, 0.25) is 0 Å². The number of amides is 2. The number of rotatable bonds is 8. The third-order valence-corrected chi connectivity index (χ3v) is 7.80. The first-order valence-electron chi connectivity index (χ1n) is 11.8. The molecule has 3 aliphatic rings. The third kappa shape index (κ3) is 5.93. The Morgan fingerprint density at radius 2 is 2.00 bits per heavy atom. The summed E-state index contributed by atoms with van der Waals surface area (Å²) < 4.78 is 12.2. The molecule has 31 heavy (non-hydrogen) atoms. The monoisotopic (exact) mass is 493 g/mol. The summed E-state index contributed by atoms with van der Waals surface area (Å²) in [6.07, 6.45) is 8.16. The molecule has 0 spiro atoms. The van der Waals surface area contributed by atoms with E-state index in [0.717, 1.165) is 42.8 Å². The summed E-state index contributed by atoms with van der Waals surface area (Å²) in [5, 5.41) is 3.24. The summed E-state index contributed by atoms with van der Waals surface area (Å²) in [4.78, 5) is 17.1. The minimum Gasteiger partial charge on any atom is -0.465 e. The van der Waals surface area contributed by atoms with Crippen LogP contribution in [0.15, 0.2) is 22.7 Å². The summed E-state index contributed by atoms with van der Waals surface area (Å²) in [5.41, 5.74) is 1.28. The summed E-state index contributed by atoms with van der Waals surface area (Å²) in [6.45, 7) is 5.92.